The molecule has 0 radical (unpaired) electrons. The van der Waals surface area contributed by atoms with Crippen molar-refractivity contribution in [2.45, 2.75) is 19.5 Å². The zero-order valence-electron chi connectivity index (χ0n) is 13.2. The van der Waals surface area contributed by atoms with Gasteiger partial charge >= 0.3 is 0 Å². The fourth-order valence-electron chi connectivity index (χ4n) is 2.31. The molecule has 0 atom stereocenters. The van der Waals surface area contributed by atoms with Gasteiger partial charge in [-0.1, -0.05) is 6.07 Å². The number of aliphatic imine (C=N–C) groups is 1. The van der Waals surface area contributed by atoms with Gasteiger partial charge in [-0.3, -0.25) is 4.99 Å². The Balaban J connectivity index is 1.55. The van der Waals surface area contributed by atoms with Crippen molar-refractivity contribution in [3.63, 3.8) is 0 Å². The monoisotopic (exact) mass is 315 g/mol. The summed E-state index contributed by atoms with van der Waals surface area (Å²) in [5, 5.41) is 6.48. The Labute approximate surface area is 135 Å². The molecule has 2 heterocycles. The Hall–Kier alpha value is -2.63. The van der Waals surface area contributed by atoms with E-state index >= 15 is 0 Å². The highest BCUT2D eigenvalue weighted by atomic mass is 16.5. The minimum Gasteiger partial charge on any atom is -0.490 e. The van der Waals surface area contributed by atoms with Gasteiger partial charge in [0.25, 0.3) is 0 Å². The predicted octanol–water partition coefficient (Wildman–Crippen LogP) is 2.31. The van der Waals surface area contributed by atoms with Crippen LogP contribution < -0.4 is 20.1 Å². The van der Waals surface area contributed by atoms with E-state index < -0.39 is 0 Å². The Morgan fingerprint density at radius 1 is 1.09 bits per heavy atom. The summed E-state index contributed by atoms with van der Waals surface area (Å²) in [7, 11) is 1.74. The fraction of sp³-hybridized carbons (Fsp3) is 0.353. The van der Waals surface area contributed by atoms with Crippen LogP contribution in [0.25, 0.3) is 0 Å². The molecule has 3 rings (SSSR count). The van der Waals surface area contributed by atoms with Crippen LogP contribution in [0.4, 0.5) is 0 Å². The summed E-state index contributed by atoms with van der Waals surface area (Å²) < 4.78 is 16.6. The topological polar surface area (TPSA) is 68.0 Å². The second-order valence-electron chi connectivity index (χ2n) is 5.19. The van der Waals surface area contributed by atoms with Crippen LogP contribution in [-0.2, 0) is 13.1 Å². The molecule has 6 nitrogen and oxygen atoms in total. The van der Waals surface area contributed by atoms with Crippen LogP contribution in [0.15, 0.2) is 46.0 Å². The minimum absolute atomic E-state index is 0.591. The maximum atomic E-state index is 5.71. The molecule has 1 aromatic carbocycles. The summed E-state index contributed by atoms with van der Waals surface area (Å²) in [5.74, 6) is 3.20. The molecule has 2 N–H and O–H groups in total. The van der Waals surface area contributed by atoms with E-state index in [1.807, 2.05) is 30.3 Å². The van der Waals surface area contributed by atoms with E-state index in [0.29, 0.717) is 32.3 Å². The molecule has 6 heteroatoms. The van der Waals surface area contributed by atoms with Crippen molar-refractivity contribution in [1.82, 2.24) is 10.6 Å². The van der Waals surface area contributed by atoms with Crippen LogP contribution >= 0.6 is 0 Å². The number of furan rings is 1. The van der Waals surface area contributed by atoms with E-state index in [-0.39, 0.29) is 0 Å². The molecule has 0 saturated heterocycles. The molecule has 23 heavy (non-hydrogen) atoms. The Bertz CT molecular complexity index is 653. The van der Waals surface area contributed by atoms with E-state index in [2.05, 4.69) is 15.6 Å². The van der Waals surface area contributed by atoms with Crippen molar-refractivity contribution in [3.8, 4) is 11.5 Å². The summed E-state index contributed by atoms with van der Waals surface area (Å²) in [6, 6.07) is 9.78. The van der Waals surface area contributed by atoms with Gasteiger partial charge in [0, 0.05) is 20.0 Å². The lowest BCUT2D eigenvalue weighted by Crippen LogP contribution is -2.36. The number of nitrogens with one attached hydrogen (secondary N) is 2. The number of benzene rings is 1. The first-order valence-corrected chi connectivity index (χ1v) is 7.70. The normalized spacial score (nSPS) is 14.2. The van der Waals surface area contributed by atoms with Gasteiger partial charge in [0.1, 0.15) is 5.76 Å². The molecular weight excluding hydrogens is 294 g/mol. The first-order chi connectivity index (χ1) is 11.3. The number of ether oxygens (including phenoxy) is 2. The van der Waals surface area contributed by atoms with Gasteiger partial charge in [-0.05, 0) is 29.8 Å². The second-order valence-corrected chi connectivity index (χ2v) is 5.19. The number of guanidine groups is 1. The average molecular weight is 315 g/mol. The van der Waals surface area contributed by atoms with Crippen molar-refractivity contribution < 1.29 is 13.9 Å². The van der Waals surface area contributed by atoms with Crippen molar-refractivity contribution in [2.24, 2.45) is 4.99 Å². The lowest BCUT2D eigenvalue weighted by Gasteiger charge is -2.13. The van der Waals surface area contributed by atoms with Crippen LogP contribution in [0.5, 0.6) is 11.5 Å². The summed E-state index contributed by atoms with van der Waals surface area (Å²) in [6.45, 7) is 2.63. The van der Waals surface area contributed by atoms with Gasteiger partial charge in [-0.25, -0.2) is 0 Å². The van der Waals surface area contributed by atoms with Gasteiger partial charge in [-0.15, -0.1) is 0 Å². The molecule has 1 aliphatic rings. The Morgan fingerprint density at radius 2 is 1.91 bits per heavy atom. The molecule has 0 unspecified atom stereocenters. The standard InChI is InChI=1S/C17H21N3O3/c1-18-17(20-12-14-4-2-7-21-14)19-11-13-5-6-15-16(10-13)23-9-3-8-22-15/h2,4-7,10H,3,8-9,11-12H2,1H3,(H2,18,19,20). The number of hydrogen-bond acceptors (Lipinski definition) is 4. The molecule has 1 aromatic heterocycles. The molecule has 1 aliphatic heterocycles. The number of hydrogen-bond donors (Lipinski definition) is 2. The summed E-state index contributed by atoms with van der Waals surface area (Å²) in [6.07, 6.45) is 2.57. The number of rotatable bonds is 4. The molecule has 0 saturated carbocycles. The molecule has 0 aliphatic carbocycles. The quantitative estimate of drug-likeness (QED) is 0.669. The van der Waals surface area contributed by atoms with Gasteiger partial charge < -0.3 is 24.5 Å². The first kappa shape index (κ1) is 15.3. The molecule has 0 spiro atoms. The molecule has 0 amide bonds. The van der Waals surface area contributed by atoms with Crippen LogP contribution in [0, 0.1) is 0 Å². The van der Waals surface area contributed by atoms with Crippen LogP contribution in [0.3, 0.4) is 0 Å². The summed E-state index contributed by atoms with van der Waals surface area (Å²) >= 11 is 0. The van der Waals surface area contributed by atoms with Gasteiger partial charge in [0.05, 0.1) is 26.0 Å². The number of fused-ring (bicyclic) bond motifs is 1. The summed E-state index contributed by atoms with van der Waals surface area (Å²) in [4.78, 5) is 4.20. The van der Waals surface area contributed by atoms with E-state index in [4.69, 9.17) is 13.9 Å². The SMILES string of the molecule is CN=C(NCc1ccc2c(c1)OCCCO2)NCc1ccco1. The third-order valence-corrected chi connectivity index (χ3v) is 3.51. The van der Waals surface area contributed by atoms with Crippen LogP contribution in [0.1, 0.15) is 17.7 Å². The highest BCUT2D eigenvalue weighted by Gasteiger charge is 2.10. The van der Waals surface area contributed by atoms with E-state index in [0.717, 1.165) is 29.2 Å². The fourth-order valence-corrected chi connectivity index (χ4v) is 2.31. The van der Waals surface area contributed by atoms with Crippen LogP contribution in [-0.4, -0.2) is 26.2 Å². The number of nitrogens with zero attached hydrogens (tertiary/aromatic N) is 1. The van der Waals surface area contributed by atoms with Gasteiger partial charge in [0.15, 0.2) is 17.5 Å². The zero-order valence-corrected chi connectivity index (χ0v) is 13.2. The molecule has 0 bridgehead atoms. The molecule has 122 valence electrons. The van der Waals surface area contributed by atoms with Gasteiger partial charge in [0.2, 0.25) is 0 Å². The lowest BCUT2D eigenvalue weighted by atomic mass is 10.2. The Kier molecular flexibility index (Phi) is 5.03. The van der Waals surface area contributed by atoms with Crippen molar-refractivity contribution in [2.75, 3.05) is 20.3 Å². The van der Waals surface area contributed by atoms with E-state index in [1.54, 1.807) is 13.3 Å². The van der Waals surface area contributed by atoms with E-state index in [1.165, 1.54) is 0 Å². The third kappa shape index (κ3) is 4.18. The second kappa shape index (κ2) is 7.58. The predicted molar refractivity (Wildman–Crippen MR) is 87.8 cm³/mol. The van der Waals surface area contributed by atoms with E-state index in [9.17, 15) is 0 Å². The van der Waals surface area contributed by atoms with Crippen molar-refractivity contribution in [3.05, 3.63) is 47.9 Å². The maximum absolute atomic E-state index is 5.71. The third-order valence-electron chi connectivity index (χ3n) is 3.51. The van der Waals surface area contributed by atoms with Gasteiger partial charge in [-0.2, -0.15) is 0 Å². The van der Waals surface area contributed by atoms with Crippen LogP contribution in [0.2, 0.25) is 0 Å². The molecular formula is C17H21N3O3. The largest absolute Gasteiger partial charge is 0.490 e. The first-order valence-electron chi connectivity index (χ1n) is 7.70. The highest BCUT2D eigenvalue weighted by molar-refractivity contribution is 5.79. The smallest absolute Gasteiger partial charge is 0.191 e. The minimum atomic E-state index is 0.591. The highest BCUT2D eigenvalue weighted by Crippen LogP contribution is 2.30. The molecule has 0 fully saturated rings. The summed E-state index contributed by atoms with van der Waals surface area (Å²) in [5.41, 5.74) is 1.11. The lowest BCUT2D eigenvalue weighted by molar-refractivity contribution is 0.297. The van der Waals surface area contributed by atoms with Crippen molar-refractivity contribution >= 4 is 5.96 Å². The molecule has 2 aromatic rings. The average Bonchev–Trinajstić information content (AvgIpc) is 2.99. The van der Waals surface area contributed by atoms with Crippen molar-refractivity contribution in [1.29, 1.82) is 0 Å². The maximum Gasteiger partial charge on any atom is 0.191 e. The Morgan fingerprint density at radius 3 is 2.70 bits per heavy atom. The zero-order chi connectivity index (χ0) is 15.9.